The number of ether oxygens (including phenoxy) is 2. The molecule has 0 fully saturated rings. The first-order valence-corrected chi connectivity index (χ1v) is 7.31. The van der Waals surface area contributed by atoms with E-state index in [4.69, 9.17) is 9.47 Å². The Hall–Kier alpha value is -1.39. The summed E-state index contributed by atoms with van der Waals surface area (Å²) in [5, 5.41) is 3.41. The predicted molar refractivity (Wildman–Crippen MR) is 79.5 cm³/mol. The van der Waals surface area contributed by atoms with Crippen molar-refractivity contribution in [1.82, 2.24) is 5.32 Å². The van der Waals surface area contributed by atoms with E-state index in [0.29, 0.717) is 13.2 Å². The van der Waals surface area contributed by atoms with Crippen LogP contribution in [0.3, 0.4) is 0 Å². The van der Waals surface area contributed by atoms with E-state index in [9.17, 15) is 4.79 Å². The number of carbonyl (C=O) groups is 1. The number of carbonyl (C=O) groups excluding carboxylic acids is 1. The van der Waals surface area contributed by atoms with Crippen LogP contribution in [0.5, 0.6) is 0 Å². The van der Waals surface area contributed by atoms with Gasteiger partial charge in [0.2, 0.25) is 0 Å². The molecule has 0 radical (unpaired) electrons. The first kappa shape index (κ1) is 16.7. The smallest absolute Gasteiger partial charge is 0.332 e. The Kier molecular flexibility index (Phi) is 9.53. The second-order valence-corrected chi connectivity index (χ2v) is 4.58. The van der Waals surface area contributed by atoms with Crippen LogP contribution in [0.25, 0.3) is 0 Å². The zero-order valence-corrected chi connectivity index (χ0v) is 12.3. The molecule has 112 valence electrons. The molecule has 4 nitrogen and oxygen atoms in total. The Morgan fingerprint density at radius 3 is 2.70 bits per heavy atom. The van der Waals surface area contributed by atoms with E-state index in [2.05, 4.69) is 29.6 Å². The molecule has 20 heavy (non-hydrogen) atoms. The lowest BCUT2D eigenvalue weighted by Crippen LogP contribution is -2.15. The summed E-state index contributed by atoms with van der Waals surface area (Å²) in [5.41, 5.74) is 1.31. The fourth-order valence-electron chi connectivity index (χ4n) is 1.82. The number of hydrogen-bond donors (Lipinski definition) is 1. The maximum absolute atomic E-state index is 11.0. The Labute approximate surface area is 121 Å². The molecule has 0 aliphatic heterocycles. The van der Waals surface area contributed by atoms with Crippen LogP contribution >= 0.6 is 0 Å². The molecule has 1 rings (SSSR count). The van der Waals surface area contributed by atoms with Crippen LogP contribution in [0.15, 0.2) is 30.3 Å². The van der Waals surface area contributed by atoms with Crippen molar-refractivity contribution in [3.8, 4) is 0 Å². The molecule has 0 aliphatic rings. The zero-order valence-electron chi connectivity index (χ0n) is 12.3. The molecule has 4 heteroatoms. The van der Waals surface area contributed by atoms with Gasteiger partial charge in [-0.1, -0.05) is 30.3 Å². The highest BCUT2D eigenvalue weighted by molar-refractivity contribution is 5.70. The molecule has 0 atom stereocenters. The molecule has 0 aromatic heterocycles. The highest BCUT2D eigenvalue weighted by Gasteiger charge is 2.00. The fourth-order valence-corrected chi connectivity index (χ4v) is 1.82. The van der Waals surface area contributed by atoms with Crippen LogP contribution in [-0.4, -0.2) is 32.3 Å². The summed E-state index contributed by atoms with van der Waals surface area (Å²) in [6.07, 6.45) is 3.20. The Morgan fingerprint density at radius 2 is 1.95 bits per heavy atom. The first-order chi connectivity index (χ1) is 9.83. The molecule has 0 saturated heterocycles. The SMILES string of the molecule is CCOC(=O)COCCCCCNCc1ccccc1. The number of esters is 1. The third-order valence-corrected chi connectivity index (χ3v) is 2.84. The first-order valence-electron chi connectivity index (χ1n) is 7.31. The molecule has 0 heterocycles. The Morgan fingerprint density at radius 1 is 1.15 bits per heavy atom. The van der Waals surface area contributed by atoms with Gasteiger partial charge < -0.3 is 14.8 Å². The second kappa shape index (κ2) is 11.4. The number of unbranched alkanes of at least 4 members (excludes halogenated alkanes) is 2. The van der Waals surface area contributed by atoms with Crippen molar-refractivity contribution in [2.24, 2.45) is 0 Å². The van der Waals surface area contributed by atoms with Gasteiger partial charge >= 0.3 is 5.97 Å². The monoisotopic (exact) mass is 279 g/mol. The van der Waals surface area contributed by atoms with Crippen molar-refractivity contribution in [3.63, 3.8) is 0 Å². The second-order valence-electron chi connectivity index (χ2n) is 4.58. The van der Waals surface area contributed by atoms with E-state index in [1.165, 1.54) is 5.56 Å². The minimum atomic E-state index is -0.281. The molecule has 0 unspecified atom stereocenters. The van der Waals surface area contributed by atoms with Gasteiger partial charge in [-0.2, -0.15) is 0 Å². The zero-order chi connectivity index (χ0) is 14.5. The third-order valence-electron chi connectivity index (χ3n) is 2.84. The predicted octanol–water partition coefficient (Wildman–Crippen LogP) is 2.53. The van der Waals surface area contributed by atoms with Gasteiger partial charge in [-0.05, 0) is 38.3 Å². The molecule has 1 N–H and O–H groups in total. The number of rotatable bonds is 11. The van der Waals surface area contributed by atoms with Crippen LogP contribution in [0.2, 0.25) is 0 Å². The van der Waals surface area contributed by atoms with Gasteiger partial charge in [0.1, 0.15) is 6.61 Å². The molecule has 0 amide bonds. The summed E-state index contributed by atoms with van der Waals surface area (Å²) in [4.78, 5) is 11.0. The molecular weight excluding hydrogens is 254 g/mol. The summed E-state index contributed by atoms with van der Waals surface area (Å²) in [5.74, 6) is -0.281. The van der Waals surface area contributed by atoms with Crippen molar-refractivity contribution in [1.29, 1.82) is 0 Å². The van der Waals surface area contributed by atoms with Crippen LogP contribution in [0.4, 0.5) is 0 Å². The average molecular weight is 279 g/mol. The summed E-state index contributed by atoms with van der Waals surface area (Å²) < 4.78 is 10.00. The molecule has 0 spiro atoms. The van der Waals surface area contributed by atoms with Gasteiger partial charge in [0.15, 0.2) is 0 Å². The lowest BCUT2D eigenvalue weighted by molar-refractivity contribution is -0.148. The van der Waals surface area contributed by atoms with Crippen molar-refractivity contribution >= 4 is 5.97 Å². The minimum Gasteiger partial charge on any atom is -0.464 e. The van der Waals surface area contributed by atoms with Gasteiger partial charge in [0.25, 0.3) is 0 Å². The topological polar surface area (TPSA) is 47.6 Å². The lowest BCUT2D eigenvalue weighted by atomic mass is 10.2. The normalized spacial score (nSPS) is 10.4. The summed E-state index contributed by atoms with van der Waals surface area (Å²) in [6, 6.07) is 10.4. The van der Waals surface area contributed by atoms with E-state index in [1.807, 2.05) is 6.07 Å². The summed E-state index contributed by atoms with van der Waals surface area (Å²) >= 11 is 0. The van der Waals surface area contributed by atoms with Crippen molar-refractivity contribution in [3.05, 3.63) is 35.9 Å². The molecule has 0 saturated carbocycles. The third kappa shape index (κ3) is 8.67. The molecule has 1 aromatic rings. The molecule has 1 aromatic carbocycles. The molecular formula is C16H25NO3. The quantitative estimate of drug-likeness (QED) is 0.499. The van der Waals surface area contributed by atoms with E-state index >= 15 is 0 Å². The van der Waals surface area contributed by atoms with Gasteiger partial charge in [-0.15, -0.1) is 0 Å². The van der Waals surface area contributed by atoms with Crippen LogP contribution < -0.4 is 5.32 Å². The maximum Gasteiger partial charge on any atom is 0.332 e. The van der Waals surface area contributed by atoms with Crippen LogP contribution in [0.1, 0.15) is 31.7 Å². The average Bonchev–Trinajstić information content (AvgIpc) is 2.47. The molecule has 0 aliphatic carbocycles. The summed E-state index contributed by atoms with van der Waals surface area (Å²) in [7, 11) is 0. The highest BCUT2D eigenvalue weighted by atomic mass is 16.6. The van der Waals surface area contributed by atoms with Crippen molar-refractivity contribution in [2.75, 3.05) is 26.4 Å². The summed E-state index contributed by atoms with van der Waals surface area (Å²) in [6.45, 7) is 4.82. The largest absolute Gasteiger partial charge is 0.464 e. The Bertz CT molecular complexity index is 354. The van der Waals surface area contributed by atoms with E-state index in [0.717, 1.165) is 32.4 Å². The van der Waals surface area contributed by atoms with E-state index < -0.39 is 0 Å². The number of hydrogen-bond acceptors (Lipinski definition) is 4. The standard InChI is InChI=1S/C16H25NO3/c1-2-20-16(18)14-19-12-8-4-7-11-17-13-15-9-5-3-6-10-15/h3,5-6,9-10,17H,2,4,7-8,11-14H2,1H3. The minimum absolute atomic E-state index is 0.0695. The molecule has 0 bridgehead atoms. The van der Waals surface area contributed by atoms with Gasteiger partial charge in [-0.25, -0.2) is 4.79 Å². The van der Waals surface area contributed by atoms with Crippen molar-refractivity contribution < 1.29 is 14.3 Å². The maximum atomic E-state index is 11.0. The van der Waals surface area contributed by atoms with E-state index in [1.54, 1.807) is 6.92 Å². The fraction of sp³-hybridized carbons (Fsp3) is 0.562. The Balaban J connectivity index is 1.84. The van der Waals surface area contributed by atoms with Gasteiger partial charge in [0.05, 0.1) is 6.61 Å². The van der Waals surface area contributed by atoms with Crippen LogP contribution in [0, 0.1) is 0 Å². The highest BCUT2D eigenvalue weighted by Crippen LogP contribution is 1.99. The lowest BCUT2D eigenvalue weighted by Gasteiger charge is -2.06. The van der Waals surface area contributed by atoms with Gasteiger partial charge in [-0.3, -0.25) is 0 Å². The number of nitrogens with one attached hydrogen (secondary N) is 1. The van der Waals surface area contributed by atoms with Crippen LogP contribution in [-0.2, 0) is 20.8 Å². The van der Waals surface area contributed by atoms with Crippen molar-refractivity contribution in [2.45, 2.75) is 32.7 Å². The van der Waals surface area contributed by atoms with Gasteiger partial charge in [0, 0.05) is 13.2 Å². The van der Waals surface area contributed by atoms with E-state index in [-0.39, 0.29) is 12.6 Å². The number of benzene rings is 1.